The first-order valence-corrected chi connectivity index (χ1v) is 5.05. The molecule has 0 spiro atoms. The highest BCUT2D eigenvalue weighted by molar-refractivity contribution is 5.73. The summed E-state index contributed by atoms with van der Waals surface area (Å²) in [6.07, 6.45) is -4.50. The minimum absolute atomic E-state index is 0.00468. The van der Waals surface area contributed by atoms with Crippen molar-refractivity contribution >= 4 is 11.7 Å². The van der Waals surface area contributed by atoms with E-state index in [-0.39, 0.29) is 17.9 Å². The van der Waals surface area contributed by atoms with Crippen LogP contribution in [-0.2, 0) is 11.2 Å². The number of fused-ring (bicyclic) bond motifs is 1. The first-order chi connectivity index (χ1) is 8.00. The van der Waals surface area contributed by atoms with Gasteiger partial charge in [-0.1, -0.05) is 12.1 Å². The average Bonchev–Trinajstić information content (AvgIpc) is 2.27. The molecule has 6 heteroatoms. The number of halogens is 2. The van der Waals surface area contributed by atoms with Crippen molar-refractivity contribution in [3.63, 3.8) is 0 Å². The molecule has 0 fully saturated rings. The Balaban J connectivity index is 2.40. The van der Waals surface area contributed by atoms with E-state index in [1.54, 1.807) is 12.1 Å². The number of nitrogen functional groups attached to an aromatic ring is 1. The van der Waals surface area contributed by atoms with Crippen molar-refractivity contribution in [2.24, 2.45) is 5.92 Å². The maximum Gasteiger partial charge on any atom is 0.310 e. The molecule has 17 heavy (non-hydrogen) atoms. The van der Waals surface area contributed by atoms with E-state index in [2.05, 4.69) is 0 Å². The molecule has 2 unspecified atom stereocenters. The standard InChI is InChI=1S/C11H11F2NO3/c12-10(13)9-6(11(15)16)4-5-2-1-3-7(14)8(5)17-9/h1-3,6,9-10H,4,14H2,(H,15,16). The zero-order valence-corrected chi connectivity index (χ0v) is 8.77. The molecule has 0 radical (unpaired) electrons. The number of hydrogen-bond acceptors (Lipinski definition) is 3. The molecule has 0 bridgehead atoms. The molecule has 92 valence electrons. The number of carboxylic acid groups (broad SMARTS) is 1. The number of anilines is 1. The fourth-order valence-corrected chi connectivity index (χ4v) is 1.94. The Kier molecular flexibility index (Phi) is 2.87. The molecule has 4 nitrogen and oxygen atoms in total. The topological polar surface area (TPSA) is 72.5 Å². The lowest BCUT2D eigenvalue weighted by molar-refractivity contribution is -0.150. The zero-order valence-electron chi connectivity index (χ0n) is 8.77. The van der Waals surface area contributed by atoms with Crippen molar-refractivity contribution < 1.29 is 23.4 Å². The van der Waals surface area contributed by atoms with Gasteiger partial charge in [0.15, 0.2) is 6.10 Å². The molecular weight excluding hydrogens is 232 g/mol. The summed E-state index contributed by atoms with van der Waals surface area (Å²) < 4.78 is 30.5. The number of carboxylic acids is 1. The van der Waals surface area contributed by atoms with E-state index in [1.165, 1.54) is 6.07 Å². The van der Waals surface area contributed by atoms with Gasteiger partial charge in [0.05, 0.1) is 5.69 Å². The third-order valence-electron chi connectivity index (χ3n) is 2.78. The number of alkyl halides is 2. The molecule has 1 aliphatic heterocycles. The number of aliphatic carboxylic acids is 1. The van der Waals surface area contributed by atoms with E-state index in [4.69, 9.17) is 15.6 Å². The van der Waals surface area contributed by atoms with Crippen LogP contribution >= 0.6 is 0 Å². The summed E-state index contributed by atoms with van der Waals surface area (Å²) in [5, 5.41) is 8.91. The third kappa shape index (κ3) is 2.02. The summed E-state index contributed by atoms with van der Waals surface area (Å²) in [4.78, 5) is 10.9. The van der Waals surface area contributed by atoms with Gasteiger partial charge in [-0.05, 0) is 18.1 Å². The number of para-hydroxylation sites is 1. The second-order valence-corrected chi connectivity index (χ2v) is 3.90. The Hall–Kier alpha value is -1.85. The number of carbonyl (C=O) groups is 1. The van der Waals surface area contributed by atoms with Gasteiger partial charge in [-0.15, -0.1) is 0 Å². The number of benzene rings is 1. The van der Waals surface area contributed by atoms with Gasteiger partial charge in [-0.2, -0.15) is 0 Å². The molecule has 3 N–H and O–H groups in total. The molecule has 0 saturated heterocycles. The molecular formula is C11H11F2NO3. The lowest BCUT2D eigenvalue weighted by Crippen LogP contribution is -2.43. The van der Waals surface area contributed by atoms with Gasteiger partial charge >= 0.3 is 5.97 Å². The molecule has 2 atom stereocenters. The molecule has 2 rings (SSSR count). The van der Waals surface area contributed by atoms with E-state index in [9.17, 15) is 13.6 Å². The van der Waals surface area contributed by atoms with E-state index < -0.39 is 24.4 Å². The normalized spacial score (nSPS) is 23.0. The Morgan fingerprint density at radius 1 is 1.53 bits per heavy atom. The van der Waals surface area contributed by atoms with Crippen LogP contribution in [-0.4, -0.2) is 23.6 Å². The summed E-state index contributed by atoms with van der Waals surface area (Å²) in [6.45, 7) is 0. The number of nitrogens with two attached hydrogens (primary N) is 1. The first-order valence-electron chi connectivity index (χ1n) is 5.05. The van der Waals surface area contributed by atoms with Crippen LogP contribution in [0.4, 0.5) is 14.5 Å². The number of ether oxygens (including phenoxy) is 1. The van der Waals surface area contributed by atoms with Gasteiger partial charge in [0.1, 0.15) is 11.7 Å². The summed E-state index contributed by atoms with van der Waals surface area (Å²) in [5.41, 5.74) is 6.41. The molecule has 1 aromatic carbocycles. The van der Waals surface area contributed by atoms with E-state index >= 15 is 0 Å². The fourth-order valence-electron chi connectivity index (χ4n) is 1.94. The summed E-state index contributed by atoms with van der Waals surface area (Å²) in [7, 11) is 0. The fraction of sp³-hybridized carbons (Fsp3) is 0.364. The largest absolute Gasteiger partial charge is 0.481 e. The molecule has 0 aromatic heterocycles. The summed E-state index contributed by atoms with van der Waals surface area (Å²) >= 11 is 0. The minimum atomic E-state index is -2.86. The smallest absolute Gasteiger partial charge is 0.310 e. The van der Waals surface area contributed by atoms with Crippen LogP contribution in [0, 0.1) is 5.92 Å². The monoisotopic (exact) mass is 243 g/mol. The van der Waals surface area contributed by atoms with Gasteiger partial charge in [-0.3, -0.25) is 4.79 Å². The Morgan fingerprint density at radius 2 is 2.24 bits per heavy atom. The van der Waals surface area contributed by atoms with Crippen LogP contribution in [0.15, 0.2) is 18.2 Å². The lowest BCUT2D eigenvalue weighted by Gasteiger charge is -2.31. The predicted molar refractivity (Wildman–Crippen MR) is 56.1 cm³/mol. The second-order valence-electron chi connectivity index (χ2n) is 3.90. The highest BCUT2D eigenvalue weighted by atomic mass is 19.3. The molecule has 1 aromatic rings. The maximum atomic E-state index is 12.7. The minimum Gasteiger partial charge on any atom is -0.481 e. The third-order valence-corrected chi connectivity index (χ3v) is 2.78. The van der Waals surface area contributed by atoms with Crippen LogP contribution in [0.3, 0.4) is 0 Å². The SMILES string of the molecule is Nc1cccc2c1OC(C(F)F)C(C(=O)O)C2. The van der Waals surface area contributed by atoms with Gasteiger partial charge in [-0.25, -0.2) is 8.78 Å². The second kappa shape index (κ2) is 4.20. The zero-order chi connectivity index (χ0) is 12.6. The predicted octanol–water partition coefficient (Wildman–Crippen LogP) is 1.54. The van der Waals surface area contributed by atoms with Crippen molar-refractivity contribution in [3.05, 3.63) is 23.8 Å². The van der Waals surface area contributed by atoms with Gasteiger partial charge < -0.3 is 15.6 Å². The van der Waals surface area contributed by atoms with Crippen molar-refractivity contribution in [2.45, 2.75) is 19.0 Å². The van der Waals surface area contributed by atoms with Crippen molar-refractivity contribution in [2.75, 3.05) is 5.73 Å². The van der Waals surface area contributed by atoms with Gasteiger partial charge in [0, 0.05) is 0 Å². The highest BCUT2D eigenvalue weighted by Gasteiger charge is 2.41. The Bertz CT molecular complexity index is 450. The van der Waals surface area contributed by atoms with Crippen LogP contribution in [0.25, 0.3) is 0 Å². The van der Waals surface area contributed by atoms with Gasteiger partial charge in [0.2, 0.25) is 0 Å². The molecule has 1 heterocycles. The van der Waals surface area contributed by atoms with Gasteiger partial charge in [0.25, 0.3) is 6.43 Å². The molecule has 0 aliphatic carbocycles. The van der Waals surface area contributed by atoms with Crippen molar-refractivity contribution in [1.82, 2.24) is 0 Å². The average molecular weight is 243 g/mol. The molecule has 0 amide bonds. The summed E-state index contributed by atoms with van der Waals surface area (Å²) in [6, 6.07) is 4.80. The first kappa shape index (κ1) is 11.6. The van der Waals surface area contributed by atoms with E-state index in [1.807, 2.05) is 0 Å². The van der Waals surface area contributed by atoms with E-state index in [0.717, 1.165) is 0 Å². The quantitative estimate of drug-likeness (QED) is 0.773. The van der Waals surface area contributed by atoms with Crippen LogP contribution in [0.1, 0.15) is 5.56 Å². The molecule has 0 saturated carbocycles. The Morgan fingerprint density at radius 3 is 2.82 bits per heavy atom. The summed E-state index contributed by atoms with van der Waals surface area (Å²) in [5.74, 6) is -2.36. The number of hydrogen-bond donors (Lipinski definition) is 2. The number of rotatable bonds is 2. The van der Waals surface area contributed by atoms with E-state index in [0.29, 0.717) is 5.56 Å². The highest BCUT2D eigenvalue weighted by Crippen LogP contribution is 2.37. The van der Waals surface area contributed by atoms with Crippen LogP contribution in [0.2, 0.25) is 0 Å². The van der Waals surface area contributed by atoms with Crippen molar-refractivity contribution in [1.29, 1.82) is 0 Å². The van der Waals surface area contributed by atoms with Crippen LogP contribution < -0.4 is 10.5 Å². The van der Waals surface area contributed by atoms with Crippen molar-refractivity contribution in [3.8, 4) is 5.75 Å². The molecule has 1 aliphatic rings. The van der Waals surface area contributed by atoms with Crippen LogP contribution in [0.5, 0.6) is 5.75 Å². The maximum absolute atomic E-state index is 12.7. The Labute approximate surface area is 96.0 Å². The lowest BCUT2D eigenvalue weighted by atomic mass is 9.90.